The Labute approximate surface area is 138 Å². The largest absolute Gasteiger partial charge is 0.268 e. The second kappa shape index (κ2) is 4.93. The Morgan fingerprint density at radius 2 is 1.48 bits per heavy atom. The van der Waals surface area contributed by atoms with Crippen LogP contribution in [0.3, 0.4) is 0 Å². The second-order valence-electron chi connectivity index (χ2n) is 5.59. The van der Waals surface area contributed by atoms with Crippen molar-refractivity contribution in [1.29, 1.82) is 0 Å². The SMILES string of the molecule is Cc1ccc(N2C(=O)c3cccc4cccc(c34)C2=O)cc1Cl. The smallest absolute Gasteiger partial charge is 0.265 e. The Balaban J connectivity index is 1.97. The number of anilines is 1. The predicted molar refractivity (Wildman–Crippen MR) is 91.3 cm³/mol. The lowest BCUT2D eigenvalue weighted by Crippen LogP contribution is -2.40. The summed E-state index contributed by atoms with van der Waals surface area (Å²) in [6.07, 6.45) is 0. The van der Waals surface area contributed by atoms with Crippen LogP contribution in [0, 0.1) is 6.92 Å². The molecule has 4 heteroatoms. The van der Waals surface area contributed by atoms with E-state index in [1.54, 1.807) is 30.3 Å². The molecule has 0 atom stereocenters. The van der Waals surface area contributed by atoms with Crippen molar-refractivity contribution in [3.8, 4) is 0 Å². The molecule has 0 saturated heterocycles. The number of hydrogen-bond acceptors (Lipinski definition) is 2. The number of rotatable bonds is 1. The summed E-state index contributed by atoms with van der Waals surface area (Å²) >= 11 is 6.16. The molecule has 0 bridgehead atoms. The minimum absolute atomic E-state index is 0.320. The molecule has 0 aliphatic carbocycles. The molecule has 2 amide bonds. The quantitative estimate of drug-likeness (QED) is 0.614. The van der Waals surface area contributed by atoms with E-state index in [0.29, 0.717) is 21.8 Å². The Kier molecular flexibility index (Phi) is 3.00. The normalized spacial score (nSPS) is 13.7. The van der Waals surface area contributed by atoms with Crippen LogP contribution >= 0.6 is 11.6 Å². The first-order valence-electron chi connectivity index (χ1n) is 7.24. The van der Waals surface area contributed by atoms with Crippen molar-refractivity contribution in [2.75, 3.05) is 4.90 Å². The van der Waals surface area contributed by atoms with Gasteiger partial charge >= 0.3 is 0 Å². The van der Waals surface area contributed by atoms with Crippen LogP contribution in [0.15, 0.2) is 54.6 Å². The molecule has 0 unspecified atom stereocenters. The molecule has 0 N–H and O–H groups in total. The van der Waals surface area contributed by atoms with Crippen LogP contribution in [-0.2, 0) is 0 Å². The minimum atomic E-state index is -0.320. The molecule has 1 aliphatic heterocycles. The first kappa shape index (κ1) is 14.0. The van der Waals surface area contributed by atoms with E-state index in [4.69, 9.17) is 11.6 Å². The van der Waals surface area contributed by atoms with E-state index in [1.807, 2.05) is 31.2 Å². The highest BCUT2D eigenvalue weighted by Gasteiger charge is 2.33. The van der Waals surface area contributed by atoms with Crippen LogP contribution in [-0.4, -0.2) is 11.8 Å². The minimum Gasteiger partial charge on any atom is -0.268 e. The van der Waals surface area contributed by atoms with E-state index in [9.17, 15) is 9.59 Å². The fourth-order valence-corrected chi connectivity index (χ4v) is 3.16. The lowest BCUT2D eigenvalue weighted by Gasteiger charge is -2.27. The summed E-state index contributed by atoms with van der Waals surface area (Å²) in [7, 11) is 0. The third-order valence-corrected chi connectivity index (χ3v) is 4.59. The Morgan fingerprint density at radius 3 is 2.04 bits per heavy atom. The monoisotopic (exact) mass is 321 g/mol. The molecule has 0 radical (unpaired) electrons. The van der Waals surface area contributed by atoms with Crippen molar-refractivity contribution in [3.05, 3.63) is 76.3 Å². The molecule has 3 aromatic rings. The van der Waals surface area contributed by atoms with Gasteiger partial charge in [-0.15, -0.1) is 0 Å². The molecule has 3 aromatic carbocycles. The van der Waals surface area contributed by atoms with E-state index < -0.39 is 0 Å². The van der Waals surface area contributed by atoms with Gasteiger partial charge in [-0.25, -0.2) is 4.90 Å². The second-order valence-corrected chi connectivity index (χ2v) is 6.00. The molecule has 23 heavy (non-hydrogen) atoms. The fraction of sp³-hybridized carbons (Fsp3) is 0.0526. The average Bonchev–Trinajstić information content (AvgIpc) is 2.56. The van der Waals surface area contributed by atoms with Gasteiger partial charge in [-0.3, -0.25) is 9.59 Å². The molecule has 112 valence electrons. The van der Waals surface area contributed by atoms with Crippen molar-refractivity contribution in [2.24, 2.45) is 0 Å². The van der Waals surface area contributed by atoms with Crippen molar-refractivity contribution in [1.82, 2.24) is 0 Å². The lowest BCUT2D eigenvalue weighted by molar-refractivity contribution is 0.0893. The third kappa shape index (κ3) is 1.97. The van der Waals surface area contributed by atoms with Crippen molar-refractivity contribution in [2.45, 2.75) is 6.92 Å². The van der Waals surface area contributed by atoms with Gasteiger partial charge in [-0.2, -0.15) is 0 Å². The third-order valence-electron chi connectivity index (χ3n) is 4.19. The van der Waals surface area contributed by atoms with E-state index in [1.165, 1.54) is 4.90 Å². The molecule has 0 aromatic heterocycles. The number of nitrogens with zero attached hydrogens (tertiary/aromatic N) is 1. The number of benzene rings is 3. The predicted octanol–water partition coefficient (Wildman–Crippen LogP) is 4.60. The van der Waals surface area contributed by atoms with Gasteiger partial charge in [0.2, 0.25) is 0 Å². The number of halogens is 1. The summed E-state index contributed by atoms with van der Waals surface area (Å²) in [5, 5.41) is 2.14. The molecule has 3 nitrogen and oxygen atoms in total. The van der Waals surface area contributed by atoms with Gasteiger partial charge in [-0.1, -0.05) is 41.9 Å². The van der Waals surface area contributed by atoms with Crippen LogP contribution in [0.4, 0.5) is 5.69 Å². The van der Waals surface area contributed by atoms with Gasteiger partial charge < -0.3 is 0 Å². The summed E-state index contributed by atoms with van der Waals surface area (Å²) in [5.74, 6) is -0.640. The molecule has 4 rings (SSSR count). The molecule has 1 aliphatic rings. The van der Waals surface area contributed by atoms with E-state index in [-0.39, 0.29) is 11.8 Å². The first-order valence-corrected chi connectivity index (χ1v) is 7.62. The lowest BCUT2D eigenvalue weighted by atomic mass is 9.94. The van der Waals surface area contributed by atoms with E-state index >= 15 is 0 Å². The van der Waals surface area contributed by atoms with Crippen LogP contribution in [0.25, 0.3) is 10.8 Å². The Bertz CT molecular complexity index is 943. The molecule has 0 fully saturated rings. The first-order chi connectivity index (χ1) is 11.1. The van der Waals surface area contributed by atoms with Crippen molar-refractivity contribution >= 4 is 39.9 Å². The van der Waals surface area contributed by atoms with Crippen LogP contribution < -0.4 is 4.90 Å². The number of imide groups is 1. The Morgan fingerprint density at radius 1 is 0.870 bits per heavy atom. The maximum absolute atomic E-state index is 12.9. The summed E-state index contributed by atoms with van der Waals surface area (Å²) in [6.45, 7) is 1.88. The van der Waals surface area contributed by atoms with Crippen LogP contribution in [0.5, 0.6) is 0 Å². The van der Waals surface area contributed by atoms with Gasteiger partial charge in [0.15, 0.2) is 0 Å². The summed E-state index contributed by atoms with van der Waals surface area (Å²) < 4.78 is 0. The van der Waals surface area contributed by atoms with Crippen LogP contribution in [0.2, 0.25) is 5.02 Å². The summed E-state index contributed by atoms with van der Waals surface area (Å²) in [4.78, 5) is 26.9. The van der Waals surface area contributed by atoms with Crippen LogP contribution in [0.1, 0.15) is 26.3 Å². The highest BCUT2D eigenvalue weighted by molar-refractivity contribution is 6.36. The molecule has 1 heterocycles. The van der Waals surface area contributed by atoms with Gasteiger partial charge in [0.05, 0.1) is 5.69 Å². The molecular weight excluding hydrogens is 310 g/mol. The van der Waals surface area contributed by atoms with Crippen molar-refractivity contribution in [3.63, 3.8) is 0 Å². The van der Waals surface area contributed by atoms with Crippen molar-refractivity contribution < 1.29 is 9.59 Å². The standard InChI is InChI=1S/C19H12ClNO2/c1-11-8-9-13(10-16(11)20)21-18(22)14-6-2-4-12-5-3-7-15(17(12)14)19(21)23/h2-10H,1H3. The zero-order valence-corrected chi connectivity index (χ0v) is 13.1. The summed E-state index contributed by atoms with van der Waals surface area (Å²) in [5.41, 5.74) is 2.46. The van der Waals surface area contributed by atoms with E-state index in [2.05, 4.69) is 0 Å². The molecule has 0 spiro atoms. The highest BCUT2D eigenvalue weighted by atomic mass is 35.5. The molecule has 0 saturated carbocycles. The maximum Gasteiger partial charge on any atom is 0.265 e. The Hall–Kier alpha value is -2.65. The van der Waals surface area contributed by atoms with Gasteiger partial charge in [0.25, 0.3) is 11.8 Å². The topological polar surface area (TPSA) is 37.4 Å². The van der Waals surface area contributed by atoms with Gasteiger partial charge in [0.1, 0.15) is 0 Å². The molecular formula is C19H12ClNO2. The number of carbonyl (C=O) groups excluding carboxylic acids is 2. The average molecular weight is 322 g/mol. The van der Waals surface area contributed by atoms with Gasteiger partial charge in [-0.05, 0) is 42.1 Å². The summed E-state index contributed by atoms with van der Waals surface area (Å²) in [6, 6.07) is 16.2. The zero-order chi connectivity index (χ0) is 16.1. The zero-order valence-electron chi connectivity index (χ0n) is 12.3. The number of aryl methyl sites for hydroxylation is 1. The fourth-order valence-electron chi connectivity index (χ4n) is 2.99. The number of amides is 2. The van der Waals surface area contributed by atoms with Gasteiger partial charge in [0, 0.05) is 21.5 Å². The maximum atomic E-state index is 12.9. The van der Waals surface area contributed by atoms with E-state index in [0.717, 1.165) is 16.3 Å². The number of carbonyl (C=O) groups is 2. The highest BCUT2D eigenvalue weighted by Crippen LogP contribution is 2.33. The number of hydrogen-bond donors (Lipinski definition) is 0.